The van der Waals surface area contributed by atoms with E-state index >= 15 is 0 Å². The molecule has 110 valence electrons. The van der Waals surface area contributed by atoms with Crippen LogP contribution < -0.4 is 5.32 Å². The summed E-state index contributed by atoms with van der Waals surface area (Å²) in [4.78, 5) is 0. The van der Waals surface area contributed by atoms with Gasteiger partial charge in [0.15, 0.2) is 0 Å². The molecule has 0 aliphatic carbocycles. The van der Waals surface area contributed by atoms with Crippen molar-refractivity contribution in [1.29, 1.82) is 0 Å². The van der Waals surface area contributed by atoms with E-state index < -0.39 is 0 Å². The predicted octanol–water partition coefficient (Wildman–Crippen LogP) is 3.69. The zero-order valence-corrected chi connectivity index (χ0v) is 14.0. The summed E-state index contributed by atoms with van der Waals surface area (Å²) >= 11 is 3.62. The molecule has 5 heteroatoms. The molecule has 1 N–H and O–H groups in total. The summed E-state index contributed by atoms with van der Waals surface area (Å²) in [6.07, 6.45) is 4.01. The van der Waals surface area contributed by atoms with Crippen molar-refractivity contribution in [2.24, 2.45) is 0 Å². The van der Waals surface area contributed by atoms with Crippen LogP contribution >= 0.6 is 15.9 Å². The molecule has 0 radical (unpaired) electrons. The summed E-state index contributed by atoms with van der Waals surface area (Å²) in [5, 5.41) is 8.01. The second-order valence-electron chi connectivity index (χ2n) is 4.87. The number of hydrogen-bond acceptors (Lipinski definition) is 3. The SMILES string of the molecule is CCNC(CCCOCC)c1c(Br)cnn1C(C)C. The monoisotopic (exact) mass is 331 g/mol. The molecule has 1 rings (SSSR count). The Hall–Kier alpha value is -0.390. The first kappa shape index (κ1) is 16.7. The minimum absolute atomic E-state index is 0.324. The molecule has 0 bridgehead atoms. The number of rotatable bonds is 9. The maximum Gasteiger partial charge on any atom is 0.0698 e. The lowest BCUT2D eigenvalue weighted by molar-refractivity contribution is 0.140. The zero-order chi connectivity index (χ0) is 14.3. The van der Waals surface area contributed by atoms with Crippen LogP contribution in [0.3, 0.4) is 0 Å². The van der Waals surface area contributed by atoms with Crippen molar-refractivity contribution < 1.29 is 4.74 Å². The van der Waals surface area contributed by atoms with Crippen molar-refractivity contribution in [2.45, 2.75) is 52.6 Å². The molecule has 0 amide bonds. The minimum atomic E-state index is 0.324. The van der Waals surface area contributed by atoms with Gasteiger partial charge in [-0.1, -0.05) is 6.92 Å². The average molecular weight is 332 g/mol. The van der Waals surface area contributed by atoms with E-state index in [1.807, 2.05) is 13.1 Å². The smallest absolute Gasteiger partial charge is 0.0698 e. The van der Waals surface area contributed by atoms with Crippen LogP contribution in [-0.2, 0) is 4.74 Å². The van der Waals surface area contributed by atoms with Crippen LogP contribution in [0.4, 0.5) is 0 Å². The molecule has 0 fully saturated rings. The lowest BCUT2D eigenvalue weighted by Crippen LogP contribution is -2.25. The van der Waals surface area contributed by atoms with Crippen molar-refractivity contribution in [3.8, 4) is 0 Å². The molecule has 0 saturated carbocycles. The number of halogens is 1. The number of hydrogen-bond donors (Lipinski definition) is 1. The van der Waals surface area contributed by atoms with Gasteiger partial charge in [0, 0.05) is 19.3 Å². The van der Waals surface area contributed by atoms with Crippen LogP contribution in [0.1, 0.15) is 58.3 Å². The van der Waals surface area contributed by atoms with Gasteiger partial charge in [-0.15, -0.1) is 0 Å². The van der Waals surface area contributed by atoms with E-state index in [1.54, 1.807) is 0 Å². The van der Waals surface area contributed by atoms with Gasteiger partial charge >= 0.3 is 0 Å². The molecule has 0 aromatic carbocycles. The Bertz CT molecular complexity index is 366. The molecule has 1 atom stereocenters. The summed E-state index contributed by atoms with van der Waals surface area (Å²) in [7, 11) is 0. The fraction of sp³-hybridized carbons (Fsp3) is 0.786. The first-order valence-corrected chi connectivity index (χ1v) is 7.95. The Morgan fingerprint density at radius 3 is 2.74 bits per heavy atom. The predicted molar refractivity (Wildman–Crippen MR) is 82.5 cm³/mol. The van der Waals surface area contributed by atoms with Gasteiger partial charge in [-0.25, -0.2) is 0 Å². The number of aromatic nitrogens is 2. The summed E-state index contributed by atoms with van der Waals surface area (Å²) < 4.78 is 8.61. The number of nitrogens with one attached hydrogen (secondary N) is 1. The zero-order valence-electron chi connectivity index (χ0n) is 12.4. The van der Waals surface area contributed by atoms with E-state index in [0.717, 1.165) is 37.1 Å². The Labute approximate surface area is 125 Å². The van der Waals surface area contributed by atoms with Gasteiger partial charge < -0.3 is 10.1 Å². The van der Waals surface area contributed by atoms with Crippen molar-refractivity contribution in [3.63, 3.8) is 0 Å². The quantitative estimate of drug-likeness (QED) is 0.701. The molecule has 1 unspecified atom stereocenters. The fourth-order valence-electron chi connectivity index (χ4n) is 2.20. The van der Waals surface area contributed by atoms with Gasteiger partial charge in [0.1, 0.15) is 0 Å². The van der Waals surface area contributed by atoms with E-state index in [0.29, 0.717) is 12.1 Å². The highest BCUT2D eigenvalue weighted by molar-refractivity contribution is 9.10. The second-order valence-corrected chi connectivity index (χ2v) is 5.72. The second kappa shape index (κ2) is 8.72. The Balaban J connectivity index is 2.77. The van der Waals surface area contributed by atoms with E-state index in [1.165, 1.54) is 5.69 Å². The summed E-state index contributed by atoms with van der Waals surface area (Å²) in [5.41, 5.74) is 1.24. The molecule has 0 aliphatic heterocycles. The molecule has 0 saturated heterocycles. The maximum atomic E-state index is 5.43. The molecular weight excluding hydrogens is 306 g/mol. The van der Waals surface area contributed by atoms with Crippen LogP contribution in [0.5, 0.6) is 0 Å². The Kier molecular flexibility index (Phi) is 7.64. The van der Waals surface area contributed by atoms with E-state index in [9.17, 15) is 0 Å². The van der Waals surface area contributed by atoms with Crippen LogP contribution in [-0.4, -0.2) is 29.5 Å². The average Bonchev–Trinajstić information content (AvgIpc) is 2.75. The van der Waals surface area contributed by atoms with Gasteiger partial charge in [0.2, 0.25) is 0 Å². The fourth-order valence-corrected chi connectivity index (χ4v) is 2.75. The molecule has 4 nitrogen and oxygen atoms in total. The maximum absolute atomic E-state index is 5.43. The number of nitrogens with zero attached hydrogens (tertiary/aromatic N) is 2. The molecule has 1 aromatic heterocycles. The van der Waals surface area contributed by atoms with Gasteiger partial charge in [-0.2, -0.15) is 5.10 Å². The van der Waals surface area contributed by atoms with Gasteiger partial charge in [0.25, 0.3) is 0 Å². The van der Waals surface area contributed by atoms with Crippen molar-refractivity contribution in [2.75, 3.05) is 19.8 Å². The van der Waals surface area contributed by atoms with Crippen LogP contribution in [0.25, 0.3) is 0 Å². The molecule has 1 aromatic rings. The standard InChI is InChI=1S/C14H26BrN3O/c1-5-16-13(8-7-9-19-6-2)14-12(15)10-17-18(14)11(3)4/h10-11,13,16H,5-9H2,1-4H3. The number of ether oxygens (including phenoxy) is 1. The van der Waals surface area contributed by atoms with Gasteiger partial charge in [0.05, 0.1) is 22.4 Å². The highest BCUT2D eigenvalue weighted by Crippen LogP contribution is 2.28. The van der Waals surface area contributed by atoms with Gasteiger partial charge in [-0.3, -0.25) is 4.68 Å². The molecule has 19 heavy (non-hydrogen) atoms. The van der Waals surface area contributed by atoms with E-state index in [2.05, 4.69) is 51.8 Å². The highest BCUT2D eigenvalue weighted by atomic mass is 79.9. The molecular formula is C14H26BrN3O. The normalized spacial score (nSPS) is 13.2. The van der Waals surface area contributed by atoms with E-state index in [4.69, 9.17) is 4.74 Å². The summed E-state index contributed by atoms with van der Waals surface area (Å²) in [5.74, 6) is 0. The van der Waals surface area contributed by atoms with E-state index in [-0.39, 0.29) is 0 Å². The molecule has 1 heterocycles. The Morgan fingerprint density at radius 1 is 1.42 bits per heavy atom. The third kappa shape index (κ3) is 4.89. The minimum Gasteiger partial charge on any atom is -0.382 e. The van der Waals surface area contributed by atoms with Gasteiger partial charge in [-0.05, 0) is 56.1 Å². The van der Waals surface area contributed by atoms with Crippen LogP contribution in [0.2, 0.25) is 0 Å². The third-order valence-electron chi connectivity index (χ3n) is 3.04. The first-order valence-electron chi connectivity index (χ1n) is 7.15. The largest absolute Gasteiger partial charge is 0.382 e. The van der Waals surface area contributed by atoms with Crippen molar-refractivity contribution >= 4 is 15.9 Å². The summed E-state index contributed by atoms with van der Waals surface area (Å²) in [6, 6.07) is 0.694. The lowest BCUT2D eigenvalue weighted by atomic mass is 10.1. The highest BCUT2D eigenvalue weighted by Gasteiger charge is 2.20. The molecule has 0 aliphatic rings. The topological polar surface area (TPSA) is 39.1 Å². The Morgan fingerprint density at radius 2 is 2.16 bits per heavy atom. The van der Waals surface area contributed by atoms with Crippen LogP contribution in [0, 0.1) is 0 Å². The van der Waals surface area contributed by atoms with Crippen molar-refractivity contribution in [1.82, 2.24) is 15.1 Å². The lowest BCUT2D eigenvalue weighted by Gasteiger charge is -2.22. The van der Waals surface area contributed by atoms with Crippen LogP contribution in [0.15, 0.2) is 10.7 Å². The first-order chi connectivity index (χ1) is 9.11. The summed E-state index contributed by atoms with van der Waals surface area (Å²) in [6.45, 7) is 11.1. The molecule has 0 spiro atoms. The third-order valence-corrected chi connectivity index (χ3v) is 3.65. The van der Waals surface area contributed by atoms with Crippen molar-refractivity contribution in [3.05, 3.63) is 16.4 Å².